The van der Waals surface area contributed by atoms with Crippen molar-refractivity contribution in [2.45, 2.75) is 62.9 Å². The molecule has 6 nitrogen and oxygen atoms in total. The van der Waals surface area contributed by atoms with Gasteiger partial charge in [0, 0.05) is 41.8 Å². The number of rotatable bonds is 3. The van der Waals surface area contributed by atoms with Crippen LogP contribution in [0.5, 0.6) is 0 Å². The summed E-state index contributed by atoms with van der Waals surface area (Å²) in [6, 6.07) is 11.0. The number of hydrogen-bond donors (Lipinski definition) is 0. The molecule has 8 heteroatoms. The summed E-state index contributed by atoms with van der Waals surface area (Å²) in [5.74, 6) is -0.345. The Kier molecular flexibility index (Phi) is 6.62. The van der Waals surface area contributed by atoms with E-state index in [0.29, 0.717) is 30.7 Å². The second-order valence-corrected chi connectivity index (χ2v) is 11.4. The number of likely N-dealkylation sites (tertiary alicyclic amines) is 2. The van der Waals surface area contributed by atoms with E-state index in [0.717, 1.165) is 69.4 Å². The SMILES string of the molecule is CCOC(=O)N1CCCC2CC(N3CCC4(CC3)CN(C(=O)c3ccc(F)cc3)c3ccc(F)cc34)CC21. The third-order valence-electron chi connectivity index (χ3n) is 9.40. The van der Waals surface area contributed by atoms with Crippen molar-refractivity contribution >= 4 is 17.7 Å². The van der Waals surface area contributed by atoms with E-state index in [1.54, 1.807) is 17.0 Å². The normalized spacial score (nSPS) is 26.3. The predicted octanol–water partition coefficient (Wildman–Crippen LogP) is 5.36. The van der Waals surface area contributed by atoms with E-state index in [9.17, 15) is 18.4 Å². The van der Waals surface area contributed by atoms with E-state index < -0.39 is 0 Å². The highest BCUT2D eigenvalue weighted by Gasteiger charge is 2.49. The number of fused-ring (bicyclic) bond motifs is 3. The number of nitrogens with zero attached hydrogens (tertiary/aromatic N) is 3. The Labute approximate surface area is 222 Å². The number of amides is 2. The molecule has 2 aromatic rings. The van der Waals surface area contributed by atoms with Crippen LogP contribution in [0.2, 0.25) is 0 Å². The fourth-order valence-corrected chi connectivity index (χ4v) is 7.50. The van der Waals surface area contributed by atoms with Gasteiger partial charge in [0.1, 0.15) is 11.6 Å². The van der Waals surface area contributed by atoms with Crippen LogP contribution in [-0.4, -0.2) is 66.7 Å². The molecule has 0 bridgehead atoms. The molecular formula is C30H35F2N3O3. The number of hydrogen-bond acceptors (Lipinski definition) is 4. The second kappa shape index (κ2) is 9.95. The van der Waals surface area contributed by atoms with Crippen LogP contribution < -0.4 is 4.90 Å². The summed E-state index contributed by atoms with van der Waals surface area (Å²) in [5, 5.41) is 0. The van der Waals surface area contributed by atoms with Crippen molar-refractivity contribution in [1.29, 1.82) is 0 Å². The Morgan fingerprint density at radius 2 is 1.74 bits per heavy atom. The number of halogens is 2. The standard InChI is InChI=1S/C30H35F2N3O3/c1-2-38-29(37)34-13-3-4-21-16-24(18-27(21)34)33-14-11-30(12-15-33)19-35(26-10-9-23(32)17-25(26)30)28(36)20-5-7-22(31)8-6-20/h5-10,17,21,24,27H,2-4,11-16,18-19H2,1H3. The summed E-state index contributed by atoms with van der Waals surface area (Å²) in [4.78, 5) is 32.2. The largest absolute Gasteiger partial charge is 0.450 e. The Bertz CT molecular complexity index is 1210. The maximum Gasteiger partial charge on any atom is 0.410 e. The van der Waals surface area contributed by atoms with Crippen LogP contribution in [0.3, 0.4) is 0 Å². The molecule has 0 N–H and O–H groups in total. The topological polar surface area (TPSA) is 53.1 Å². The summed E-state index contributed by atoms with van der Waals surface area (Å²) in [7, 11) is 0. The smallest absolute Gasteiger partial charge is 0.410 e. The number of ether oxygens (including phenoxy) is 1. The van der Waals surface area contributed by atoms with E-state index in [1.165, 1.54) is 30.3 Å². The molecule has 3 atom stereocenters. The minimum absolute atomic E-state index is 0.184. The maximum absolute atomic E-state index is 14.4. The molecule has 1 aliphatic carbocycles. The average molecular weight is 524 g/mol. The molecule has 3 unspecified atom stereocenters. The zero-order valence-electron chi connectivity index (χ0n) is 21.9. The van der Waals surface area contributed by atoms with Crippen LogP contribution in [0.25, 0.3) is 0 Å². The molecule has 3 heterocycles. The van der Waals surface area contributed by atoms with E-state index in [4.69, 9.17) is 4.74 Å². The molecule has 1 spiro atoms. The second-order valence-electron chi connectivity index (χ2n) is 11.4. The Morgan fingerprint density at radius 1 is 1.00 bits per heavy atom. The number of piperidine rings is 2. The minimum atomic E-state index is -0.383. The fourth-order valence-electron chi connectivity index (χ4n) is 7.50. The first-order valence-corrected chi connectivity index (χ1v) is 13.9. The van der Waals surface area contributed by atoms with E-state index in [1.807, 2.05) is 11.8 Å². The monoisotopic (exact) mass is 523 g/mol. The quantitative estimate of drug-likeness (QED) is 0.544. The zero-order chi connectivity index (χ0) is 26.4. The van der Waals surface area contributed by atoms with Gasteiger partial charge < -0.3 is 19.4 Å². The van der Waals surface area contributed by atoms with Gasteiger partial charge in [-0.3, -0.25) is 4.79 Å². The van der Waals surface area contributed by atoms with Gasteiger partial charge >= 0.3 is 6.09 Å². The number of anilines is 1. The summed E-state index contributed by atoms with van der Waals surface area (Å²) >= 11 is 0. The summed E-state index contributed by atoms with van der Waals surface area (Å²) in [6.45, 7) is 5.27. The van der Waals surface area contributed by atoms with Crippen LogP contribution in [0.4, 0.5) is 19.3 Å². The van der Waals surface area contributed by atoms with Gasteiger partial charge in [0.2, 0.25) is 0 Å². The summed E-state index contributed by atoms with van der Waals surface area (Å²) in [5.41, 5.74) is 1.79. The lowest BCUT2D eigenvalue weighted by molar-refractivity contribution is 0.0633. The molecule has 6 rings (SSSR count). The molecule has 0 radical (unpaired) electrons. The van der Waals surface area contributed by atoms with Gasteiger partial charge in [-0.2, -0.15) is 0 Å². The van der Waals surface area contributed by atoms with Crippen molar-refractivity contribution < 1.29 is 23.1 Å². The van der Waals surface area contributed by atoms with E-state index in [-0.39, 0.29) is 35.1 Å². The first kappa shape index (κ1) is 25.3. The molecule has 202 valence electrons. The fraction of sp³-hybridized carbons (Fsp3) is 0.533. The van der Waals surface area contributed by atoms with Crippen molar-refractivity contribution in [1.82, 2.24) is 9.80 Å². The van der Waals surface area contributed by atoms with Crippen molar-refractivity contribution in [3.05, 3.63) is 65.2 Å². The molecule has 2 saturated heterocycles. The van der Waals surface area contributed by atoms with Crippen LogP contribution in [0.15, 0.2) is 42.5 Å². The van der Waals surface area contributed by atoms with Crippen molar-refractivity contribution in [3.8, 4) is 0 Å². The zero-order valence-corrected chi connectivity index (χ0v) is 21.9. The lowest BCUT2D eigenvalue weighted by Gasteiger charge is -2.42. The van der Waals surface area contributed by atoms with Gasteiger partial charge in [-0.15, -0.1) is 0 Å². The molecular weight excluding hydrogens is 488 g/mol. The third-order valence-corrected chi connectivity index (χ3v) is 9.40. The highest BCUT2D eigenvalue weighted by molar-refractivity contribution is 6.07. The molecule has 4 aliphatic rings. The Balaban J connectivity index is 1.18. The highest BCUT2D eigenvalue weighted by atomic mass is 19.1. The first-order valence-electron chi connectivity index (χ1n) is 13.9. The summed E-state index contributed by atoms with van der Waals surface area (Å²) in [6.07, 6.45) is 5.73. The van der Waals surface area contributed by atoms with Crippen LogP contribution in [0.1, 0.15) is 61.4 Å². The molecule has 1 saturated carbocycles. The van der Waals surface area contributed by atoms with E-state index >= 15 is 0 Å². The number of carbonyl (C=O) groups is 2. The van der Waals surface area contributed by atoms with Crippen LogP contribution in [0, 0.1) is 17.6 Å². The molecule has 0 aromatic heterocycles. The summed E-state index contributed by atoms with van der Waals surface area (Å²) < 4.78 is 33.2. The molecule has 3 aliphatic heterocycles. The van der Waals surface area contributed by atoms with Gasteiger partial charge in [0.25, 0.3) is 5.91 Å². The Morgan fingerprint density at radius 3 is 2.47 bits per heavy atom. The molecule has 2 amide bonds. The maximum atomic E-state index is 14.4. The van der Waals surface area contributed by atoms with Crippen molar-refractivity contribution in [2.75, 3.05) is 37.7 Å². The number of carbonyl (C=O) groups excluding carboxylic acids is 2. The first-order chi connectivity index (χ1) is 18.4. The van der Waals surface area contributed by atoms with Gasteiger partial charge in [0.05, 0.1) is 6.61 Å². The Hall–Kier alpha value is -3.00. The minimum Gasteiger partial charge on any atom is -0.450 e. The lowest BCUT2D eigenvalue weighted by atomic mass is 9.74. The van der Waals surface area contributed by atoms with Crippen molar-refractivity contribution in [3.63, 3.8) is 0 Å². The third kappa shape index (κ3) is 4.36. The molecule has 3 fully saturated rings. The van der Waals surface area contributed by atoms with Crippen molar-refractivity contribution in [2.24, 2.45) is 5.92 Å². The lowest BCUT2D eigenvalue weighted by Crippen LogP contribution is -2.49. The van der Waals surface area contributed by atoms with Gasteiger partial charge in [-0.25, -0.2) is 13.6 Å². The average Bonchev–Trinajstić information content (AvgIpc) is 3.49. The molecule has 2 aromatic carbocycles. The van der Waals surface area contributed by atoms with Gasteiger partial charge in [-0.1, -0.05) is 0 Å². The van der Waals surface area contributed by atoms with E-state index in [2.05, 4.69) is 4.90 Å². The molecule has 38 heavy (non-hydrogen) atoms. The van der Waals surface area contributed by atoms with Crippen LogP contribution >= 0.6 is 0 Å². The van der Waals surface area contributed by atoms with Crippen LogP contribution in [-0.2, 0) is 10.2 Å². The van der Waals surface area contributed by atoms with Gasteiger partial charge in [0.15, 0.2) is 0 Å². The predicted molar refractivity (Wildman–Crippen MR) is 140 cm³/mol. The van der Waals surface area contributed by atoms with Gasteiger partial charge in [-0.05, 0) is 112 Å². The number of benzene rings is 2. The highest BCUT2D eigenvalue weighted by Crippen LogP contribution is 2.49.